The SMILES string of the molecule is COC(=O)c1c(-c2c(OC)cc(B3OC(C)(C)C(C)(C)O3)cc2OC)nn(-c2ccccc2)c1C(=O)OC. The molecule has 0 aliphatic carbocycles. The summed E-state index contributed by atoms with van der Waals surface area (Å²) >= 11 is 0. The number of esters is 2. The smallest absolute Gasteiger partial charge is 0.495 e. The molecule has 1 fully saturated rings. The molecule has 0 spiro atoms. The van der Waals surface area contributed by atoms with E-state index in [0.717, 1.165) is 0 Å². The summed E-state index contributed by atoms with van der Waals surface area (Å²) in [4.78, 5) is 26.1. The third-order valence-corrected chi connectivity index (χ3v) is 6.94. The number of para-hydroxylation sites is 1. The molecule has 0 bridgehead atoms. The van der Waals surface area contributed by atoms with Crippen LogP contribution in [-0.4, -0.2) is 68.5 Å². The van der Waals surface area contributed by atoms with Crippen molar-refractivity contribution in [3.8, 4) is 28.4 Å². The van der Waals surface area contributed by atoms with Crippen LogP contribution in [0.5, 0.6) is 11.5 Å². The largest absolute Gasteiger partial charge is 0.496 e. The van der Waals surface area contributed by atoms with Crippen molar-refractivity contribution in [1.82, 2.24) is 9.78 Å². The van der Waals surface area contributed by atoms with E-state index in [0.29, 0.717) is 28.2 Å². The number of ether oxygens (including phenoxy) is 4. The molecule has 0 N–H and O–H groups in total. The average molecular weight is 522 g/mol. The second-order valence-electron chi connectivity index (χ2n) is 9.69. The van der Waals surface area contributed by atoms with Crippen LogP contribution in [0.2, 0.25) is 0 Å². The molecule has 1 saturated heterocycles. The standard InChI is InChI=1S/C27H31BN2O8/c1-26(2)27(3,4)38-28(37-26)16-14-18(33-5)20(19(15-16)34-6)22-21(24(31)35-7)23(25(32)36-8)30(29-22)17-12-10-9-11-13-17/h9-15H,1-8H3. The number of hydrogen-bond acceptors (Lipinski definition) is 9. The lowest BCUT2D eigenvalue weighted by Crippen LogP contribution is -2.41. The van der Waals surface area contributed by atoms with Gasteiger partial charge in [0.25, 0.3) is 0 Å². The fourth-order valence-corrected chi connectivity index (χ4v) is 4.21. The Morgan fingerprint density at radius 1 is 0.842 bits per heavy atom. The Labute approximate surface area is 221 Å². The minimum absolute atomic E-state index is 0.0943. The molecule has 200 valence electrons. The first-order valence-electron chi connectivity index (χ1n) is 12.0. The zero-order valence-electron chi connectivity index (χ0n) is 22.8. The predicted octanol–water partition coefficient (Wildman–Crippen LogP) is 3.43. The normalized spacial score (nSPS) is 15.7. The van der Waals surface area contributed by atoms with Gasteiger partial charge in [0.2, 0.25) is 0 Å². The molecular weight excluding hydrogens is 491 g/mol. The third kappa shape index (κ3) is 4.52. The van der Waals surface area contributed by atoms with Crippen LogP contribution in [0.1, 0.15) is 48.5 Å². The van der Waals surface area contributed by atoms with E-state index in [9.17, 15) is 9.59 Å². The fourth-order valence-electron chi connectivity index (χ4n) is 4.21. The highest BCUT2D eigenvalue weighted by Gasteiger charge is 2.52. The molecule has 4 rings (SSSR count). The molecule has 0 amide bonds. The minimum Gasteiger partial charge on any atom is -0.496 e. The molecule has 1 aliphatic rings. The van der Waals surface area contributed by atoms with E-state index in [1.807, 2.05) is 33.8 Å². The number of benzene rings is 2. The van der Waals surface area contributed by atoms with Gasteiger partial charge in [0.1, 0.15) is 22.8 Å². The number of aromatic nitrogens is 2. The summed E-state index contributed by atoms with van der Waals surface area (Å²) < 4.78 is 35.3. The highest BCUT2D eigenvalue weighted by atomic mass is 16.7. The number of rotatable bonds is 7. The molecular formula is C27H31BN2O8. The van der Waals surface area contributed by atoms with Gasteiger partial charge in [0.15, 0.2) is 5.69 Å². The number of hydrogen-bond donors (Lipinski definition) is 0. The van der Waals surface area contributed by atoms with Crippen molar-refractivity contribution in [1.29, 1.82) is 0 Å². The molecule has 2 heterocycles. The molecule has 3 aromatic rings. The number of methoxy groups -OCH3 is 4. The summed E-state index contributed by atoms with van der Waals surface area (Å²) in [5, 5.41) is 4.67. The molecule has 1 aliphatic heterocycles. The molecule has 0 saturated carbocycles. The molecule has 0 atom stereocenters. The highest BCUT2D eigenvalue weighted by molar-refractivity contribution is 6.62. The Bertz CT molecular complexity index is 1330. The molecule has 0 unspecified atom stereocenters. The van der Waals surface area contributed by atoms with Crippen molar-refractivity contribution in [2.45, 2.75) is 38.9 Å². The maximum Gasteiger partial charge on any atom is 0.495 e. The number of nitrogens with zero attached hydrogens (tertiary/aromatic N) is 2. The first kappa shape index (κ1) is 27.2. The summed E-state index contributed by atoms with van der Waals surface area (Å²) in [5.41, 5.74) is 0.346. The van der Waals surface area contributed by atoms with Crippen molar-refractivity contribution in [3.05, 3.63) is 53.7 Å². The molecule has 38 heavy (non-hydrogen) atoms. The third-order valence-electron chi connectivity index (χ3n) is 6.94. The van der Waals surface area contributed by atoms with E-state index in [-0.39, 0.29) is 17.0 Å². The molecule has 0 radical (unpaired) electrons. The van der Waals surface area contributed by atoms with Crippen LogP contribution < -0.4 is 14.9 Å². The van der Waals surface area contributed by atoms with Gasteiger partial charge in [-0.2, -0.15) is 5.10 Å². The van der Waals surface area contributed by atoms with E-state index in [2.05, 4.69) is 5.10 Å². The van der Waals surface area contributed by atoms with E-state index in [1.165, 1.54) is 33.1 Å². The van der Waals surface area contributed by atoms with Gasteiger partial charge in [-0.05, 0) is 57.4 Å². The van der Waals surface area contributed by atoms with Gasteiger partial charge in [0, 0.05) is 0 Å². The van der Waals surface area contributed by atoms with Crippen molar-refractivity contribution in [3.63, 3.8) is 0 Å². The van der Waals surface area contributed by atoms with Crippen LogP contribution in [0.4, 0.5) is 0 Å². The lowest BCUT2D eigenvalue weighted by molar-refractivity contribution is 0.00578. The van der Waals surface area contributed by atoms with E-state index < -0.39 is 30.3 Å². The fraction of sp³-hybridized carbons (Fsp3) is 0.370. The minimum atomic E-state index is -0.776. The van der Waals surface area contributed by atoms with Crippen molar-refractivity contribution < 1.29 is 37.8 Å². The maximum absolute atomic E-state index is 13.1. The molecule has 2 aromatic carbocycles. The van der Waals surface area contributed by atoms with E-state index in [1.54, 1.807) is 36.4 Å². The maximum atomic E-state index is 13.1. The zero-order chi connectivity index (χ0) is 27.8. The summed E-state index contributed by atoms with van der Waals surface area (Å²) in [5.74, 6) is -0.886. The first-order valence-corrected chi connectivity index (χ1v) is 12.0. The predicted molar refractivity (Wildman–Crippen MR) is 140 cm³/mol. The van der Waals surface area contributed by atoms with E-state index in [4.69, 9.17) is 28.3 Å². The van der Waals surface area contributed by atoms with Crippen LogP contribution in [-0.2, 0) is 18.8 Å². The average Bonchev–Trinajstić information content (AvgIpc) is 3.41. The summed E-state index contributed by atoms with van der Waals surface area (Å²) in [6.07, 6.45) is 0. The molecule has 1 aromatic heterocycles. The lowest BCUT2D eigenvalue weighted by atomic mass is 9.78. The number of carbonyl (C=O) groups is 2. The second kappa shape index (κ2) is 10.1. The molecule has 11 heteroatoms. The quantitative estimate of drug-likeness (QED) is 0.341. The van der Waals surface area contributed by atoms with Gasteiger partial charge in [-0.1, -0.05) is 18.2 Å². The lowest BCUT2D eigenvalue weighted by Gasteiger charge is -2.32. The van der Waals surface area contributed by atoms with Gasteiger partial charge < -0.3 is 28.3 Å². The van der Waals surface area contributed by atoms with Crippen molar-refractivity contribution in [2.24, 2.45) is 0 Å². The van der Waals surface area contributed by atoms with Crippen LogP contribution in [0.15, 0.2) is 42.5 Å². The monoisotopic (exact) mass is 522 g/mol. The van der Waals surface area contributed by atoms with Gasteiger partial charge >= 0.3 is 19.1 Å². The van der Waals surface area contributed by atoms with Crippen LogP contribution in [0.25, 0.3) is 16.9 Å². The van der Waals surface area contributed by atoms with Gasteiger partial charge in [-0.3, -0.25) is 0 Å². The summed E-state index contributed by atoms with van der Waals surface area (Å²) in [7, 11) is 4.73. The van der Waals surface area contributed by atoms with Crippen LogP contribution >= 0.6 is 0 Å². The van der Waals surface area contributed by atoms with Gasteiger partial charge in [-0.25, -0.2) is 14.3 Å². The molecule has 10 nitrogen and oxygen atoms in total. The van der Waals surface area contributed by atoms with E-state index >= 15 is 0 Å². The van der Waals surface area contributed by atoms with Crippen LogP contribution in [0, 0.1) is 0 Å². The topological polar surface area (TPSA) is 107 Å². The Morgan fingerprint density at radius 3 is 1.84 bits per heavy atom. The summed E-state index contributed by atoms with van der Waals surface area (Å²) in [6.45, 7) is 7.85. The van der Waals surface area contributed by atoms with Crippen molar-refractivity contribution in [2.75, 3.05) is 28.4 Å². The second-order valence-corrected chi connectivity index (χ2v) is 9.69. The zero-order valence-corrected chi connectivity index (χ0v) is 22.8. The van der Waals surface area contributed by atoms with Gasteiger partial charge in [0.05, 0.1) is 50.9 Å². The Hall–Kier alpha value is -3.83. The number of carbonyl (C=O) groups excluding carboxylic acids is 2. The highest BCUT2D eigenvalue weighted by Crippen LogP contribution is 2.42. The Kier molecular flexibility index (Phi) is 7.27. The van der Waals surface area contributed by atoms with Gasteiger partial charge in [-0.15, -0.1) is 0 Å². The first-order chi connectivity index (χ1) is 18.0. The van der Waals surface area contributed by atoms with Crippen molar-refractivity contribution >= 4 is 24.5 Å². The Morgan fingerprint density at radius 2 is 1.37 bits per heavy atom. The van der Waals surface area contributed by atoms with Crippen LogP contribution in [0.3, 0.4) is 0 Å². The summed E-state index contributed by atoms with van der Waals surface area (Å²) in [6, 6.07) is 12.4. The Balaban J connectivity index is 1.99.